The fourth-order valence-electron chi connectivity index (χ4n) is 2.40. The van der Waals surface area contributed by atoms with Crippen LogP contribution in [-0.2, 0) is 23.7 Å². The lowest BCUT2D eigenvalue weighted by Gasteiger charge is -2.23. The van der Waals surface area contributed by atoms with Crippen LogP contribution in [0.5, 0.6) is 0 Å². The molecule has 0 aliphatic heterocycles. The Morgan fingerprint density at radius 1 is 0.727 bits per heavy atom. The van der Waals surface area contributed by atoms with Crippen molar-refractivity contribution in [3.8, 4) is 0 Å². The van der Waals surface area contributed by atoms with E-state index in [1.807, 2.05) is 7.05 Å². The van der Waals surface area contributed by atoms with E-state index in [1.165, 1.54) is 0 Å². The molecule has 0 radical (unpaired) electrons. The summed E-state index contributed by atoms with van der Waals surface area (Å²) < 4.78 is 21.2. The normalized spacial score (nSPS) is 12.6. The molecule has 0 aromatic carbocycles. The largest absolute Gasteiger partial charge is 0.444 e. The van der Waals surface area contributed by atoms with Crippen molar-refractivity contribution in [2.75, 3.05) is 53.1 Å². The van der Waals surface area contributed by atoms with Gasteiger partial charge in [0.1, 0.15) is 17.2 Å². The minimum Gasteiger partial charge on any atom is -0.444 e. The SMILES string of the molecule is CNCCOCCOCCNC(=O)C(CCCNC(=O)OC(C)(C)C)NC(=O)OC(C)(C)C. The lowest BCUT2D eigenvalue weighted by Crippen LogP contribution is -2.49. The highest BCUT2D eigenvalue weighted by atomic mass is 16.6. The first-order valence-corrected chi connectivity index (χ1v) is 11.4. The van der Waals surface area contributed by atoms with Gasteiger partial charge in [-0.05, 0) is 61.4 Å². The van der Waals surface area contributed by atoms with E-state index in [0.717, 1.165) is 6.54 Å². The zero-order chi connectivity index (χ0) is 25.3. The van der Waals surface area contributed by atoms with Crippen molar-refractivity contribution in [2.24, 2.45) is 0 Å². The highest BCUT2D eigenvalue weighted by molar-refractivity contribution is 5.85. The summed E-state index contributed by atoms with van der Waals surface area (Å²) >= 11 is 0. The van der Waals surface area contributed by atoms with Crippen LogP contribution >= 0.6 is 0 Å². The summed E-state index contributed by atoms with van der Waals surface area (Å²) in [6.07, 6.45) is -0.456. The number of carbonyl (C=O) groups excluding carboxylic acids is 3. The van der Waals surface area contributed by atoms with Crippen LogP contribution in [0.4, 0.5) is 9.59 Å². The van der Waals surface area contributed by atoms with Crippen molar-refractivity contribution in [2.45, 2.75) is 71.6 Å². The predicted octanol–water partition coefficient (Wildman–Crippen LogP) is 1.55. The smallest absolute Gasteiger partial charge is 0.408 e. The summed E-state index contributed by atoms with van der Waals surface area (Å²) in [5, 5.41) is 11.0. The van der Waals surface area contributed by atoms with Gasteiger partial charge in [0.15, 0.2) is 0 Å². The van der Waals surface area contributed by atoms with Gasteiger partial charge < -0.3 is 40.2 Å². The summed E-state index contributed by atoms with van der Waals surface area (Å²) in [7, 11) is 1.85. The van der Waals surface area contributed by atoms with E-state index in [9.17, 15) is 14.4 Å². The van der Waals surface area contributed by atoms with Crippen molar-refractivity contribution >= 4 is 18.1 Å². The van der Waals surface area contributed by atoms with Gasteiger partial charge in [0.25, 0.3) is 0 Å². The molecule has 11 nitrogen and oxygen atoms in total. The van der Waals surface area contributed by atoms with E-state index in [0.29, 0.717) is 45.8 Å². The van der Waals surface area contributed by atoms with Crippen LogP contribution < -0.4 is 21.3 Å². The molecule has 0 rings (SSSR count). The Morgan fingerprint density at radius 3 is 1.82 bits per heavy atom. The molecule has 0 fully saturated rings. The van der Waals surface area contributed by atoms with Crippen LogP contribution in [0.2, 0.25) is 0 Å². The molecule has 0 aliphatic carbocycles. The zero-order valence-corrected chi connectivity index (χ0v) is 21.3. The number of hydrogen-bond donors (Lipinski definition) is 4. The van der Waals surface area contributed by atoms with Gasteiger partial charge in [-0.2, -0.15) is 0 Å². The molecule has 1 atom stereocenters. The van der Waals surface area contributed by atoms with E-state index >= 15 is 0 Å². The summed E-state index contributed by atoms with van der Waals surface area (Å²) in [6.45, 7) is 13.7. The molecule has 0 saturated carbocycles. The average molecular weight is 477 g/mol. The van der Waals surface area contributed by atoms with Gasteiger partial charge in [-0.3, -0.25) is 4.79 Å². The molecule has 33 heavy (non-hydrogen) atoms. The highest BCUT2D eigenvalue weighted by Crippen LogP contribution is 2.08. The van der Waals surface area contributed by atoms with Crippen LogP contribution in [0.3, 0.4) is 0 Å². The third-order valence-electron chi connectivity index (χ3n) is 3.76. The third kappa shape index (κ3) is 20.2. The van der Waals surface area contributed by atoms with Crippen molar-refractivity contribution in [3.63, 3.8) is 0 Å². The number of amides is 3. The fourth-order valence-corrected chi connectivity index (χ4v) is 2.40. The maximum absolute atomic E-state index is 12.6. The highest BCUT2D eigenvalue weighted by Gasteiger charge is 2.24. The first kappa shape index (κ1) is 30.9. The average Bonchev–Trinajstić information content (AvgIpc) is 2.66. The van der Waals surface area contributed by atoms with Crippen molar-refractivity contribution in [1.29, 1.82) is 0 Å². The molecule has 0 aliphatic rings. The Bertz CT molecular complexity index is 574. The number of carbonyl (C=O) groups is 3. The first-order valence-electron chi connectivity index (χ1n) is 11.4. The zero-order valence-electron chi connectivity index (χ0n) is 21.3. The van der Waals surface area contributed by atoms with Crippen molar-refractivity contribution < 1.29 is 33.3 Å². The number of hydrogen-bond acceptors (Lipinski definition) is 8. The molecule has 11 heteroatoms. The number of alkyl carbamates (subject to hydrolysis) is 2. The van der Waals surface area contributed by atoms with Gasteiger partial charge in [0.2, 0.25) is 5.91 Å². The standard InChI is InChI=1S/C22H44N4O7/c1-21(2,3)32-19(28)25-10-8-9-17(26-20(29)33-22(4,5)6)18(27)24-12-14-31-16-15-30-13-11-23-7/h17,23H,8-16H2,1-7H3,(H,24,27)(H,25,28)(H,26,29). The fraction of sp³-hybridized carbons (Fsp3) is 0.864. The second-order valence-electron chi connectivity index (χ2n) is 9.39. The van der Waals surface area contributed by atoms with Gasteiger partial charge in [-0.25, -0.2) is 9.59 Å². The van der Waals surface area contributed by atoms with Crippen LogP contribution in [0, 0.1) is 0 Å². The Hall–Kier alpha value is -2.11. The number of nitrogens with one attached hydrogen (secondary N) is 4. The second kappa shape index (κ2) is 16.5. The van der Waals surface area contributed by atoms with E-state index in [-0.39, 0.29) is 12.5 Å². The number of rotatable bonds is 15. The van der Waals surface area contributed by atoms with Crippen LogP contribution in [0.1, 0.15) is 54.4 Å². The summed E-state index contributed by atoms with van der Waals surface area (Å²) in [5.74, 6) is -0.355. The lowest BCUT2D eigenvalue weighted by molar-refractivity contribution is -0.123. The third-order valence-corrected chi connectivity index (χ3v) is 3.76. The summed E-state index contributed by atoms with van der Waals surface area (Å²) in [4.78, 5) is 36.5. The number of ether oxygens (including phenoxy) is 4. The lowest BCUT2D eigenvalue weighted by atomic mass is 10.1. The molecule has 0 bridgehead atoms. The van der Waals surface area contributed by atoms with Crippen LogP contribution in [0.15, 0.2) is 0 Å². The first-order chi connectivity index (χ1) is 15.3. The summed E-state index contributed by atoms with van der Waals surface area (Å²) in [5.41, 5.74) is -1.28. The molecule has 0 spiro atoms. The monoisotopic (exact) mass is 476 g/mol. The topological polar surface area (TPSA) is 136 Å². The van der Waals surface area contributed by atoms with Crippen molar-refractivity contribution in [3.05, 3.63) is 0 Å². The molecule has 3 amide bonds. The molecule has 194 valence electrons. The maximum Gasteiger partial charge on any atom is 0.408 e. The molecule has 0 aromatic heterocycles. The van der Waals surface area contributed by atoms with Crippen LogP contribution in [0.25, 0.3) is 0 Å². The molecule has 0 heterocycles. The van der Waals surface area contributed by atoms with Gasteiger partial charge in [0, 0.05) is 19.6 Å². The van der Waals surface area contributed by atoms with Gasteiger partial charge in [-0.1, -0.05) is 0 Å². The molecule has 0 aromatic rings. The minimum absolute atomic E-state index is 0.290. The molecule has 0 saturated heterocycles. The minimum atomic E-state index is -0.815. The molecule has 1 unspecified atom stereocenters. The Balaban J connectivity index is 4.44. The molecule has 4 N–H and O–H groups in total. The van der Waals surface area contributed by atoms with E-state index < -0.39 is 29.4 Å². The Morgan fingerprint density at radius 2 is 1.27 bits per heavy atom. The summed E-state index contributed by atoms with van der Waals surface area (Å²) in [6, 6.07) is -0.815. The van der Waals surface area contributed by atoms with Crippen LogP contribution in [-0.4, -0.2) is 88.4 Å². The van der Waals surface area contributed by atoms with E-state index in [2.05, 4.69) is 21.3 Å². The van der Waals surface area contributed by atoms with Gasteiger partial charge in [-0.15, -0.1) is 0 Å². The van der Waals surface area contributed by atoms with Gasteiger partial charge >= 0.3 is 12.2 Å². The quantitative estimate of drug-likeness (QED) is 0.261. The molecular weight excluding hydrogens is 432 g/mol. The van der Waals surface area contributed by atoms with E-state index in [1.54, 1.807) is 41.5 Å². The van der Waals surface area contributed by atoms with E-state index in [4.69, 9.17) is 18.9 Å². The van der Waals surface area contributed by atoms with Gasteiger partial charge in [0.05, 0.1) is 26.4 Å². The Kier molecular flexibility index (Phi) is 15.4. The maximum atomic E-state index is 12.6. The predicted molar refractivity (Wildman–Crippen MR) is 125 cm³/mol. The number of likely N-dealkylation sites (N-methyl/N-ethyl adjacent to an activating group) is 1. The second-order valence-corrected chi connectivity index (χ2v) is 9.39. The Labute approximate surface area is 198 Å². The molecular formula is C22H44N4O7. The van der Waals surface area contributed by atoms with Crippen molar-refractivity contribution in [1.82, 2.24) is 21.3 Å².